The van der Waals surface area contributed by atoms with E-state index in [9.17, 15) is 5.26 Å². The third-order valence-corrected chi connectivity index (χ3v) is 6.67. The third kappa shape index (κ3) is 4.65. The summed E-state index contributed by atoms with van der Waals surface area (Å²) < 4.78 is 7.58. The van der Waals surface area contributed by atoms with Crippen molar-refractivity contribution >= 4 is 16.9 Å². The molecule has 2 fully saturated rings. The third-order valence-electron chi connectivity index (χ3n) is 6.67. The second kappa shape index (κ2) is 9.38. The fourth-order valence-electron chi connectivity index (χ4n) is 4.96. The number of anilines is 1. The van der Waals surface area contributed by atoms with Crippen molar-refractivity contribution in [1.82, 2.24) is 24.8 Å². The van der Waals surface area contributed by atoms with Crippen LogP contribution in [0.15, 0.2) is 30.3 Å². The maximum Gasteiger partial charge on any atom is 0.320 e. The number of hydrogen-bond acceptors (Lipinski definition) is 7. The van der Waals surface area contributed by atoms with E-state index in [0.717, 1.165) is 38.0 Å². The van der Waals surface area contributed by atoms with Gasteiger partial charge in [-0.15, -0.1) is 0 Å². The summed E-state index contributed by atoms with van der Waals surface area (Å²) >= 11 is 0. The standard InChI is InChI=1S/C25H31N7O/c1-2-3-10-33-25-29-23(27)22-11-21(12-26)32(24(22)30-25)14-18-6-4-17(5-7-18)13-31-15-19-8-9-20(16-31)28-19/h4-7,11,19-20,28H,2-3,8-10,13-16H2,1H3,(H2,27,29,30). The summed E-state index contributed by atoms with van der Waals surface area (Å²) in [5, 5.41) is 14.1. The van der Waals surface area contributed by atoms with Gasteiger partial charge in [0.2, 0.25) is 0 Å². The Balaban J connectivity index is 1.34. The summed E-state index contributed by atoms with van der Waals surface area (Å²) in [5.41, 5.74) is 9.73. The average molecular weight is 446 g/mol. The highest BCUT2D eigenvalue weighted by Crippen LogP contribution is 2.26. The lowest BCUT2D eigenvalue weighted by Gasteiger charge is -2.32. The molecule has 0 spiro atoms. The second-order valence-electron chi connectivity index (χ2n) is 9.21. The fourth-order valence-corrected chi connectivity index (χ4v) is 4.96. The van der Waals surface area contributed by atoms with Gasteiger partial charge in [0, 0.05) is 31.7 Å². The zero-order chi connectivity index (χ0) is 22.8. The minimum Gasteiger partial charge on any atom is -0.463 e. The van der Waals surface area contributed by atoms with Gasteiger partial charge in [0.15, 0.2) is 5.65 Å². The van der Waals surface area contributed by atoms with Crippen molar-refractivity contribution in [2.24, 2.45) is 0 Å². The number of nitrogens with zero attached hydrogens (tertiary/aromatic N) is 5. The quantitative estimate of drug-likeness (QED) is 0.514. The van der Waals surface area contributed by atoms with E-state index in [0.29, 0.717) is 47.8 Å². The van der Waals surface area contributed by atoms with Crippen LogP contribution < -0.4 is 15.8 Å². The highest BCUT2D eigenvalue weighted by atomic mass is 16.5. The Bertz CT molecular complexity index is 1150. The first-order valence-corrected chi connectivity index (χ1v) is 11.9. The molecular formula is C25H31N7O. The second-order valence-corrected chi connectivity index (χ2v) is 9.21. The Labute approximate surface area is 194 Å². The molecule has 2 aliphatic rings. The van der Waals surface area contributed by atoms with E-state index in [1.54, 1.807) is 6.07 Å². The van der Waals surface area contributed by atoms with Crippen LogP contribution in [-0.4, -0.2) is 51.2 Å². The number of piperazine rings is 1. The Morgan fingerprint density at radius 1 is 1.12 bits per heavy atom. The first-order chi connectivity index (χ1) is 16.1. The lowest BCUT2D eigenvalue weighted by Crippen LogP contribution is -2.50. The Morgan fingerprint density at radius 3 is 2.48 bits per heavy atom. The van der Waals surface area contributed by atoms with E-state index >= 15 is 0 Å². The summed E-state index contributed by atoms with van der Waals surface area (Å²) in [6.07, 6.45) is 4.54. The number of benzene rings is 1. The predicted octanol–water partition coefficient (Wildman–Crippen LogP) is 3.05. The van der Waals surface area contributed by atoms with Gasteiger partial charge in [-0.1, -0.05) is 37.6 Å². The topological polar surface area (TPSA) is 105 Å². The van der Waals surface area contributed by atoms with Crippen LogP contribution >= 0.6 is 0 Å². The number of rotatable bonds is 8. The molecule has 2 aromatic heterocycles. The summed E-state index contributed by atoms with van der Waals surface area (Å²) in [6.45, 7) is 6.42. The van der Waals surface area contributed by atoms with Gasteiger partial charge >= 0.3 is 6.01 Å². The van der Waals surface area contributed by atoms with Crippen LogP contribution in [-0.2, 0) is 13.1 Å². The Kier molecular flexibility index (Phi) is 6.16. The molecule has 0 amide bonds. The number of nitriles is 1. The molecule has 2 bridgehead atoms. The molecule has 0 radical (unpaired) electrons. The minimum absolute atomic E-state index is 0.262. The monoisotopic (exact) mass is 445 g/mol. The van der Waals surface area contributed by atoms with Gasteiger partial charge in [-0.2, -0.15) is 15.2 Å². The summed E-state index contributed by atoms with van der Waals surface area (Å²) in [5.74, 6) is 0.335. The normalized spacial score (nSPS) is 20.2. The van der Waals surface area contributed by atoms with Crippen molar-refractivity contribution in [3.8, 4) is 12.1 Å². The average Bonchev–Trinajstić information content (AvgIpc) is 3.34. The van der Waals surface area contributed by atoms with E-state index in [4.69, 9.17) is 10.5 Å². The number of unbranched alkanes of at least 4 members (excludes halogenated alkanes) is 1. The molecule has 2 saturated heterocycles. The van der Waals surface area contributed by atoms with Crippen LogP contribution in [0.2, 0.25) is 0 Å². The van der Waals surface area contributed by atoms with Crippen LogP contribution in [0.25, 0.3) is 11.0 Å². The number of aromatic nitrogens is 3. The van der Waals surface area contributed by atoms with Crippen molar-refractivity contribution in [2.75, 3.05) is 25.4 Å². The number of hydrogen-bond donors (Lipinski definition) is 2. The molecule has 172 valence electrons. The van der Waals surface area contributed by atoms with Crippen LogP contribution in [0, 0.1) is 11.3 Å². The molecule has 2 unspecified atom stereocenters. The van der Waals surface area contributed by atoms with E-state index in [2.05, 4.69) is 57.4 Å². The lowest BCUT2D eigenvalue weighted by molar-refractivity contribution is 0.189. The Hall–Kier alpha value is -3.15. The number of fused-ring (bicyclic) bond motifs is 3. The molecule has 4 heterocycles. The zero-order valence-electron chi connectivity index (χ0n) is 19.1. The summed E-state index contributed by atoms with van der Waals surface area (Å²) in [7, 11) is 0. The highest BCUT2D eigenvalue weighted by Gasteiger charge is 2.31. The Morgan fingerprint density at radius 2 is 1.82 bits per heavy atom. The highest BCUT2D eigenvalue weighted by molar-refractivity contribution is 5.88. The molecule has 2 aliphatic heterocycles. The maximum absolute atomic E-state index is 9.70. The molecule has 33 heavy (non-hydrogen) atoms. The van der Waals surface area contributed by atoms with Crippen LogP contribution in [0.3, 0.4) is 0 Å². The molecule has 2 atom stereocenters. The van der Waals surface area contributed by atoms with E-state index in [1.807, 2.05) is 4.57 Å². The first-order valence-electron chi connectivity index (χ1n) is 11.9. The number of nitrogens with one attached hydrogen (secondary N) is 1. The fraction of sp³-hybridized carbons (Fsp3) is 0.480. The number of ether oxygens (including phenoxy) is 1. The first kappa shape index (κ1) is 21.7. The molecular weight excluding hydrogens is 414 g/mol. The number of nitrogens with two attached hydrogens (primary N) is 1. The molecule has 5 rings (SSSR count). The molecule has 8 nitrogen and oxygen atoms in total. The molecule has 1 aromatic carbocycles. The maximum atomic E-state index is 9.70. The molecule has 0 saturated carbocycles. The van der Waals surface area contributed by atoms with Gasteiger partial charge in [0.25, 0.3) is 0 Å². The van der Waals surface area contributed by atoms with Crippen LogP contribution in [0.5, 0.6) is 6.01 Å². The van der Waals surface area contributed by atoms with Crippen molar-refractivity contribution in [1.29, 1.82) is 5.26 Å². The molecule has 0 aliphatic carbocycles. The minimum atomic E-state index is 0.262. The van der Waals surface area contributed by atoms with Gasteiger partial charge in [0.1, 0.15) is 17.6 Å². The van der Waals surface area contributed by atoms with Crippen molar-refractivity contribution in [2.45, 2.75) is 57.8 Å². The van der Waals surface area contributed by atoms with Gasteiger partial charge in [-0.3, -0.25) is 4.90 Å². The van der Waals surface area contributed by atoms with E-state index in [1.165, 1.54) is 18.4 Å². The molecule has 8 heteroatoms. The van der Waals surface area contributed by atoms with Gasteiger partial charge < -0.3 is 20.4 Å². The van der Waals surface area contributed by atoms with E-state index in [-0.39, 0.29) is 6.01 Å². The summed E-state index contributed by atoms with van der Waals surface area (Å²) in [4.78, 5) is 11.4. The largest absolute Gasteiger partial charge is 0.463 e. The van der Waals surface area contributed by atoms with Crippen molar-refractivity contribution in [3.05, 3.63) is 47.2 Å². The molecule has 3 N–H and O–H groups in total. The van der Waals surface area contributed by atoms with Crippen LogP contribution in [0.4, 0.5) is 5.82 Å². The van der Waals surface area contributed by atoms with Gasteiger partial charge in [-0.05, 0) is 36.5 Å². The number of nitrogen functional groups attached to an aromatic ring is 1. The number of likely N-dealkylation sites (tertiary alicyclic amines) is 1. The van der Waals surface area contributed by atoms with Gasteiger partial charge in [0.05, 0.1) is 18.5 Å². The zero-order valence-corrected chi connectivity index (χ0v) is 19.1. The lowest BCUT2D eigenvalue weighted by atomic mass is 10.1. The predicted molar refractivity (Wildman–Crippen MR) is 128 cm³/mol. The molecule has 3 aromatic rings. The summed E-state index contributed by atoms with van der Waals surface area (Å²) in [6, 6.07) is 14.3. The van der Waals surface area contributed by atoms with E-state index < -0.39 is 0 Å². The van der Waals surface area contributed by atoms with Crippen molar-refractivity contribution < 1.29 is 4.74 Å². The van der Waals surface area contributed by atoms with Gasteiger partial charge in [-0.25, -0.2) is 0 Å². The SMILES string of the molecule is CCCCOc1nc(N)c2cc(C#N)n(Cc3ccc(CN4CC5CCC(C4)N5)cc3)c2n1. The van der Waals surface area contributed by atoms with Crippen molar-refractivity contribution in [3.63, 3.8) is 0 Å². The van der Waals surface area contributed by atoms with Crippen LogP contribution in [0.1, 0.15) is 49.4 Å². The smallest absolute Gasteiger partial charge is 0.320 e.